The molecule has 0 aliphatic carbocycles. The van der Waals surface area contributed by atoms with Crippen molar-refractivity contribution in [1.82, 2.24) is 4.98 Å². The van der Waals surface area contributed by atoms with Crippen LogP contribution >= 0.6 is 0 Å². The second-order valence-corrected chi connectivity index (χ2v) is 4.43. The van der Waals surface area contributed by atoms with Crippen LogP contribution in [0, 0.1) is 21.4 Å². The Kier molecular flexibility index (Phi) is 4.46. The lowest BCUT2D eigenvalue weighted by Gasteiger charge is -2.10. The van der Waals surface area contributed by atoms with E-state index in [4.69, 9.17) is 5.26 Å². The Morgan fingerprint density at radius 2 is 2.10 bits per heavy atom. The fraction of sp³-hybridized carbons (Fsp3) is 0.200. The maximum absolute atomic E-state index is 10.7. The van der Waals surface area contributed by atoms with Gasteiger partial charge in [0.1, 0.15) is 23.6 Å². The summed E-state index contributed by atoms with van der Waals surface area (Å²) < 4.78 is 0. The molecule has 0 spiro atoms. The molecule has 0 atom stereocenters. The number of benzene rings is 1. The minimum atomic E-state index is -0.565. The topological polar surface area (TPSA) is 91.8 Å². The fourth-order valence-corrected chi connectivity index (χ4v) is 2.03. The number of aromatic nitrogens is 1. The van der Waals surface area contributed by atoms with Crippen molar-refractivity contribution in [3.8, 4) is 6.07 Å². The predicted octanol–water partition coefficient (Wildman–Crippen LogP) is 3.04. The van der Waals surface area contributed by atoms with Crippen molar-refractivity contribution in [3.05, 3.63) is 63.3 Å². The Hall–Kier alpha value is -2.94. The molecule has 21 heavy (non-hydrogen) atoms. The number of hydrogen-bond acceptors (Lipinski definition) is 5. The van der Waals surface area contributed by atoms with Gasteiger partial charge in [-0.3, -0.25) is 10.1 Å². The minimum Gasteiger partial charge on any atom is -0.365 e. The lowest BCUT2D eigenvalue weighted by Crippen LogP contribution is -2.06. The molecular weight excluding hydrogens is 268 g/mol. The van der Waals surface area contributed by atoms with Gasteiger partial charge in [-0.05, 0) is 17.5 Å². The summed E-state index contributed by atoms with van der Waals surface area (Å²) in [5.41, 5.74) is 2.30. The molecule has 106 valence electrons. The van der Waals surface area contributed by atoms with E-state index in [1.54, 1.807) is 0 Å². The molecule has 0 aliphatic heterocycles. The largest absolute Gasteiger partial charge is 0.365 e. The number of nitriles is 1. The van der Waals surface area contributed by atoms with Gasteiger partial charge in [0.15, 0.2) is 0 Å². The molecule has 6 heteroatoms. The van der Waals surface area contributed by atoms with E-state index >= 15 is 0 Å². The molecule has 0 fully saturated rings. The van der Waals surface area contributed by atoms with E-state index in [0.717, 1.165) is 18.2 Å². The summed E-state index contributed by atoms with van der Waals surface area (Å²) >= 11 is 0. The maximum atomic E-state index is 10.7. The van der Waals surface area contributed by atoms with E-state index < -0.39 is 4.92 Å². The van der Waals surface area contributed by atoms with E-state index in [1.165, 1.54) is 11.6 Å². The quantitative estimate of drug-likeness (QED) is 0.672. The number of nitrogens with zero attached hydrogens (tertiary/aromatic N) is 3. The van der Waals surface area contributed by atoms with E-state index in [9.17, 15) is 10.1 Å². The minimum absolute atomic E-state index is 0.165. The van der Waals surface area contributed by atoms with Crippen LogP contribution < -0.4 is 5.32 Å². The van der Waals surface area contributed by atoms with Gasteiger partial charge in [0.25, 0.3) is 5.69 Å². The molecule has 1 heterocycles. The first-order valence-corrected chi connectivity index (χ1v) is 6.51. The Morgan fingerprint density at radius 1 is 1.38 bits per heavy atom. The third kappa shape index (κ3) is 3.34. The maximum Gasteiger partial charge on any atom is 0.289 e. The molecule has 0 aliphatic rings. The van der Waals surface area contributed by atoms with Crippen LogP contribution in [0.2, 0.25) is 0 Å². The van der Waals surface area contributed by atoms with Gasteiger partial charge in [-0.25, -0.2) is 4.98 Å². The Morgan fingerprint density at radius 3 is 2.71 bits per heavy atom. The standard InChI is InChI=1S/C15H14N4O2/c1-2-11-5-3-4-6-12(11)9-17-15-13(8-16)7-14(10-18-15)19(20)21/h3-7,10H,2,9H2,1H3,(H,17,18). The average molecular weight is 282 g/mol. The number of nitro groups is 1. The van der Waals surface area contributed by atoms with E-state index in [2.05, 4.69) is 17.2 Å². The second-order valence-electron chi connectivity index (χ2n) is 4.43. The molecule has 0 saturated carbocycles. The van der Waals surface area contributed by atoms with Crippen molar-refractivity contribution < 1.29 is 4.92 Å². The number of aryl methyl sites for hydroxylation is 1. The first-order valence-electron chi connectivity index (χ1n) is 6.51. The van der Waals surface area contributed by atoms with Crippen LogP contribution in [0.5, 0.6) is 0 Å². The molecular formula is C15H14N4O2. The summed E-state index contributed by atoms with van der Waals surface area (Å²) in [7, 11) is 0. The molecule has 6 nitrogen and oxygen atoms in total. The van der Waals surface area contributed by atoms with Crippen LogP contribution in [0.25, 0.3) is 0 Å². The van der Waals surface area contributed by atoms with Gasteiger partial charge >= 0.3 is 0 Å². The van der Waals surface area contributed by atoms with Crippen LogP contribution in [-0.4, -0.2) is 9.91 Å². The molecule has 0 bridgehead atoms. The molecule has 0 unspecified atom stereocenters. The first kappa shape index (κ1) is 14.5. The van der Waals surface area contributed by atoms with E-state index in [1.807, 2.05) is 30.3 Å². The van der Waals surface area contributed by atoms with E-state index in [0.29, 0.717) is 12.4 Å². The summed E-state index contributed by atoms with van der Waals surface area (Å²) in [6.45, 7) is 2.59. The van der Waals surface area contributed by atoms with Gasteiger partial charge < -0.3 is 5.32 Å². The second kappa shape index (κ2) is 6.48. The van der Waals surface area contributed by atoms with E-state index in [-0.39, 0.29) is 11.3 Å². The van der Waals surface area contributed by atoms with Crippen molar-refractivity contribution in [3.63, 3.8) is 0 Å². The zero-order valence-corrected chi connectivity index (χ0v) is 11.5. The van der Waals surface area contributed by atoms with Crippen LogP contribution in [0.1, 0.15) is 23.6 Å². The first-order chi connectivity index (χ1) is 10.2. The number of nitrogens with one attached hydrogen (secondary N) is 1. The number of pyridine rings is 1. The van der Waals surface area contributed by atoms with Gasteiger partial charge in [0, 0.05) is 12.6 Å². The van der Waals surface area contributed by atoms with Crippen LogP contribution in [-0.2, 0) is 13.0 Å². The molecule has 1 aromatic carbocycles. The van der Waals surface area contributed by atoms with Crippen molar-refractivity contribution in [2.75, 3.05) is 5.32 Å². The zero-order chi connectivity index (χ0) is 15.2. The predicted molar refractivity (Wildman–Crippen MR) is 78.8 cm³/mol. The number of hydrogen-bond donors (Lipinski definition) is 1. The van der Waals surface area contributed by atoms with Crippen LogP contribution in [0.15, 0.2) is 36.5 Å². The Balaban J connectivity index is 2.20. The summed E-state index contributed by atoms with van der Waals surface area (Å²) in [5.74, 6) is 0.356. The van der Waals surface area contributed by atoms with Crippen molar-refractivity contribution >= 4 is 11.5 Å². The SMILES string of the molecule is CCc1ccccc1CNc1ncc([N+](=O)[O-])cc1C#N. The third-order valence-corrected chi connectivity index (χ3v) is 3.15. The van der Waals surface area contributed by atoms with Gasteiger partial charge in [-0.1, -0.05) is 31.2 Å². The smallest absolute Gasteiger partial charge is 0.289 e. The van der Waals surface area contributed by atoms with Gasteiger partial charge in [-0.2, -0.15) is 5.26 Å². The lowest BCUT2D eigenvalue weighted by molar-refractivity contribution is -0.385. The van der Waals surface area contributed by atoms with Gasteiger partial charge in [0.2, 0.25) is 0 Å². The monoisotopic (exact) mass is 282 g/mol. The molecule has 1 N–H and O–H groups in total. The number of anilines is 1. The zero-order valence-electron chi connectivity index (χ0n) is 11.5. The van der Waals surface area contributed by atoms with Gasteiger partial charge in [-0.15, -0.1) is 0 Å². The molecule has 0 saturated heterocycles. The normalized spacial score (nSPS) is 9.90. The highest BCUT2D eigenvalue weighted by Gasteiger charge is 2.12. The molecule has 1 aromatic heterocycles. The van der Waals surface area contributed by atoms with Crippen LogP contribution in [0.4, 0.5) is 11.5 Å². The highest BCUT2D eigenvalue weighted by Crippen LogP contribution is 2.19. The summed E-state index contributed by atoms with van der Waals surface area (Å²) in [6, 6.07) is 11.1. The summed E-state index contributed by atoms with van der Waals surface area (Å²) in [5, 5.41) is 22.8. The Labute approximate surface area is 122 Å². The molecule has 0 amide bonds. The lowest BCUT2D eigenvalue weighted by atomic mass is 10.1. The molecule has 2 aromatic rings. The Bertz CT molecular complexity index is 707. The fourth-order valence-electron chi connectivity index (χ4n) is 2.03. The summed E-state index contributed by atoms with van der Waals surface area (Å²) in [4.78, 5) is 14.1. The summed E-state index contributed by atoms with van der Waals surface area (Å²) in [6.07, 6.45) is 2.06. The van der Waals surface area contributed by atoms with Crippen molar-refractivity contribution in [1.29, 1.82) is 5.26 Å². The highest BCUT2D eigenvalue weighted by atomic mass is 16.6. The van der Waals surface area contributed by atoms with Crippen molar-refractivity contribution in [2.24, 2.45) is 0 Å². The molecule has 2 rings (SSSR count). The highest BCUT2D eigenvalue weighted by molar-refractivity contribution is 5.55. The average Bonchev–Trinajstić information content (AvgIpc) is 2.52. The number of rotatable bonds is 5. The van der Waals surface area contributed by atoms with Crippen molar-refractivity contribution in [2.45, 2.75) is 19.9 Å². The third-order valence-electron chi connectivity index (χ3n) is 3.15. The van der Waals surface area contributed by atoms with Gasteiger partial charge in [0.05, 0.1) is 4.92 Å². The van der Waals surface area contributed by atoms with Crippen LogP contribution in [0.3, 0.4) is 0 Å². The molecule has 0 radical (unpaired) electrons.